The van der Waals surface area contributed by atoms with Gasteiger partial charge < -0.3 is 5.11 Å². The molecule has 0 bridgehead atoms. The topological polar surface area (TPSA) is 40.5 Å². The molecule has 0 atom stereocenters. The highest BCUT2D eigenvalue weighted by Crippen LogP contribution is 2.29. The minimum atomic E-state index is 0.251. The first kappa shape index (κ1) is 12.1. The standard InChI is InChI=1S/C13H23NO2/c15-10-9-14(11-3-1-2-4-11)12-5-7-13(16)8-6-12/h11-12,15H,1-10H2. The third-order valence-corrected chi connectivity index (χ3v) is 4.13. The zero-order valence-corrected chi connectivity index (χ0v) is 10.0. The Morgan fingerprint density at radius 2 is 1.62 bits per heavy atom. The summed E-state index contributed by atoms with van der Waals surface area (Å²) in [4.78, 5) is 13.7. The minimum Gasteiger partial charge on any atom is -0.395 e. The second-order valence-electron chi connectivity index (χ2n) is 5.17. The number of nitrogens with zero attached hydrogens (tertiary/aromatic N) is 1. The van der Waals surface area contributed by atoms with Crippen LogP contribution in [0.2, 0.25) is 0 Å². The molecule has 0 heterocycles. The molecule has 0 aromatic carbocycles. The van der Waals surface area contributed by atoms with E-state index in [4.69, 9.17) is 0 Å². The Labute approximate surface area is 97.8 Å². The zero-order chi connectivity index (χ0) is 11.4. The Bertz CT molecular complexity index is 226. The summed E-state index contributed by atoms with van der Waals surface area (Å²) < 4.78 is 0. The third kappa shape index (κ3) is 2.83. The van der Waals surface area contributed by atoms with Gasteiger partial charge >= 0.3 is 0 Å². The summed E-state index contributed by atoms with van der Waals surface area (Å²) >= 11 is 0. The highest BCUT2D eigenvalue weighted by Gasteiger charge is 2.30. The average Bonchev–Trinajstić information content (AvgIpc) is 2.81. The van der Waals surface area contributed by atoms with Gasteiger partial charge in [0.1, 0.15) is 5.78 Å². The fraction of sp³-hybridized carbons (Fsp3) is 0.923. The van der Waals surface area contributed by atoms with Crippen LogP contribution in [0.15, 0.2) is 0 Å². The van der Waals surface area contributed by atoms with Crippen LogP contribution in [0.3, 0.4) is 0 Å². The first-order chi connectivity index (χ1) is 7.81. The summed E-state index contributed by atoms with van der Waals surface area (Å²) in [6, 6.07) is 1.22. The van der Waals surface area contributed by atoms with Gasteiger partial charge in [-0.15, -0.1) is 0 Å². The number of carbonyl (C=O) groups excluding carboxylic acids is 1. The molecule has 0 aliphatic heterocycles. The number of Topliss-reactive ketones (excluding diaryl/α,β-unsaturated/α-hetero) is 1. The van der Waals surface area contributed by atoms with Gasteiger partial charge in [0, 0.05) is 31.5 Å². The lowest BCUT2D eigenvalue weighted by Crippen LogP contribution is -2.45. The molecule has 3 nitrogen and oxygen atoms in total. The molecule has 2 rings (SSSR count). The van der Waals surface area contributed by atoms with E-state index in [1.54, 1.807) is 0 Å². The molecule has 2 fully saturated rings. The van der Waals surface area contributed by atoms with Crippen LogP contribution in [0.4, 0.5) is 0 Å². The van der Waals surface area contributed by atoms with Crippen LogP contribution in [0.5, 0.6) is 0 Å². The van der Waals surface area contributed by atoms with Crippen LogP contribution in [0.1, 0.15) is 51.4 Å². The van der Waals surface area contributed by atoms with E-state index in [0.717, 1.165) is 32.2 Å². The lowest BCUT2D eigenvalue weighted by atomic mass is 9.92. The van der Waals surface area contributed by atoms with E-state index < -0.39 is 0 Å². The van der Waals surface area contributed by atoms with E-state index in [1.165, 1.54) is 25.7 Å². The van der Waals surface area contributed by atoms with Gasteiger partial charge in [-0.25, -0.2) is 0 Å². The Morgan fingerprint density at radius 1 is 1.06 bits per heavy atom. The molecule has 0 spiro atoms. The van der Waals surface area contributed by atoms with Gasteiger partial charge in [-0.1, -0.05) is 12.8 Å². The van der Waals surface area contributed by atoms with Crippen molar-refractivity contribution >= 4 is 5.78 Å². The first-order valence-corrected chi connectivity index (χ1v) is 6.69. The van der Waals surface area contributed by atoms with Crippen molar-refractivity contribution in [1.29, 1.82) is 0 Å². The Morgan fingerprint density at radius 3 is 2.19 bits per heavy atom. The molecular weight excluding hydrogens is 202 g/mol. The van der Waals surface area contributed by atoms with Gasteiger partial charge in [0.25, 0.3) is 0 Å². The SMILES string of the molecule is O=C1CCC(N(CCO)C2CCCC2)CC1. The lowest BCUT2D eigenvalue weighted by Gasteiger charge is -2.37. The largest absolute Gasteiger partial charge is 0.395 e. The van der Waals surface area contributed by atoms with E-state index >= 15 is 0 Å². The first-order valence-electron chi connectivity index (χ1n) is 6.69. The van der Waals surface area contributed by atoms with E-state index in [2.05, 4.69) is 4.90 Å². The smallest absolute Gasteiger partial charge is 0.133 e. The van der Waals surface area contributed by atoms with Crippen molar-refractivity contribution in [3.8, 4) is 0 Å². The van der Waals surface area contributed by atoms with Gasteiger partial charge in [0.15, 0.2) is 0 Å². The Kier molecular flexibility index (Phi) is 4.36. The monoisotopic (exact) mass is 225 g/mol. The van der Waals surface area contributed by atoms with Crippen molar-refractivity contribution in [3.05, 3.63) is 0 Å². The van der Waals surface area contributed by atoms with Crippen molar-refractivity contribution in [2.75, 3.05) is 13.2 Å². The number of hydrogen-bond acceptors (Lipinski definition) is 3. The normalized spacial score (nSPS) is 24.5. The second-order valence-corrected chi connectivity index (χ2v) is 5.17. The summed E-state index contributed by atoms with van der Waals surface area (Å²) in [5, 5.41) is 9.17. The number of ketones is 1. The summed E-state index contributed by atoms with van der Waals surface area (Å²) in [6.45, 7) is 1.05. The van der Waals surface area contributed by atoms with E-state index in [0.29, 0.717) is 17.9 Å². The molecule has 0 unspecified atom stereocenters. The number of aliphatic hydroxyl groups excluding tert-OH is 1. The lowest BCUT2D eigenvalue weighted by molar-refractivity contribution is -0.121. The molecule has 2 saturated carbocycles. The highest BCUT2D eigenvalue weighted by molar-refractivity contribution is 5.79. The summed E-state index contributed by atoms with van der Waals surface area (Å²) in [6.07, 6.45) is 8.74. The second kappa shape index (κ2) is 5.78. The van der Waals surface area contributed by atoms with Crippen LogP contribution in [-0.2, 0) is 4.79 Å². The molecule has 1 N–H and O–H groups in total. The van der Waals surface area contributed by atoms with Crippen molar-refractivity contribution in [2.24, 2.45) is 0 Å². The van der Waals surface area contributed by atoms with Crippen molar-refractivity contribution in [2.45, 2.75) is 63.5 Å². The third-order valence-electron chi connectivity index (χ3n) is 4.13. The number of aliphatic hydroxyl groups is 1. The molecule has 2 aliphatic carbocycles. The maximum absolute atomic E-state index is 11.2. The number of hydrogen-bond donors (Lipinski definition) is 1. The van der Waals surface area contributed by atoms with Gasteiger partial charge in [0.2, 0.25) is 0 Å². The van der Waals surface area contributed by atoms with Gasteiger partial charge in [-0.3, -0.25) is 9.69 Å². The van der Waals surface area contributed by atoms with Crippen molar-refractivity contribution in [1.82, 2.24) is 4.90 Å². The van der Waals surface area contributed by atoms with Gasteiger partial charge in [-0.2, -0.15) is 0 Å². The number of carbonyl (C=O) groups is 1. The molecule has 0 radical (unpaired) electrons. The molecule has 2 aliphatic rings. The van der Waals surface area contributed by atoms with Crippen LogP contribution in [-0.4, -0.2) is 41.0 Å². The summed E-state index contributed by atoms with van der Waals surface area (Å²) in [5.41, 5.74) is 0. The van der Waals surface area contributed by atoms with E-state index in [1.807, 2.05) is 0 Å². The average molecular weight is 225 g/mol. The predicted octanol–water partition coefficient (Wildman–Crippen LogP) is 1.73. The molecule has 16 heavy (non-hydrogen) atoms. The van der Waals surface area contributed by atoms with Crippen molar-refractivity contribution in [3.63, 3.8) is 0 Å². The molecule has 0 saturated heterocycles. The van der Waals surface area contributed by atoms with Crippen molar-refractivity contribution < 1.29 is 9.90 Å². The minimum absolute atomic E-state index is 0.251. The van der Waals surface area contributed by atoms with Crippen LogP contribution >= 0.6 is 0 Å². The Hall–Kier alpha value is -0.410. The summed E-state index contributed by atoms with van der Waals surface area (Å²) in [7, 11) is 0. The quantitative estimate of drug-likeness (QED) is 0.792. The van der Waals surface area contributed by atoms with Gasteiger partial charge in [0.05, 0.1) is 6.61 Å². The van der Waals surface area contributed by atoms with Crippen LogP contribution in [0, 0.1) is 0 Å². The maximum Gasteiger partial charge on any atom is 0.133 e. The van der Waals surface area contributed by atoms with E-state index in [-0.39, 0.29) is 6.61 Å². The zero-order valence-electron chi connectivity index (χ0n) is 10.0. The number of rotatable bonds is 4. The molecule has 92 valence electrons. The molecule has 3 heteroatoms. The maximum atomic E-state index is 11.2. The Balaban J connectivity index is 1.92. The molecular formula is C13H23NO2. The predicted molar refractivity (Wildman–Crippen MR) is 63.3 cm³/mol. The molecule has 0 amide bonds. The molecule has 0 aromatic rings. The van der Waals surface area contributed by atoms with E-state index in [9.17, 15) is 9.90 Å². The van der Waals surface area contributed by atoms with Gasteiger partial charge in [-0.05, 0) is 25.7 Å². The molecule has 0 aromatic heterocycles. The highest BCUT2D eigenvalue weighted by atomic mass is 16.3. The summed E-state index contributed by atoms with van der Waals surface area (Å²) in [5.74, 6) is 0.423. The van der Waals surface area contributed by atoms with Crippen LogP contribution in [0.25, 0.3) is 0 Å². The van der Waals surface area contributed by atoms with Crippen LogP contribution < -0.4 is 0 Å². The fourth-order valence-electron chi connectivity index (χ4n) is 3.27. The fourth-order valence-corrected chi connectivity index (χ4v) is 3.27.